The Bertz CT molecular complexity index is 974. The Balaban J connectivity index is 1.36. The normalized spacial score (nSPS) is 29.5. The molecule has 1 aromatic carbocycles. The van der Waals surface area contributed by atoms with Gasteiger partial charge in [-0.3, -0.25) is 14.7 Å². The van der Waals surface area contributed by atoms with Gasteiger partial charge in [0.1, 0.15) is 11.4 Å². The minimum absolute atomic E-state index is 0.0885. The Morgan fingerprint density at radius 2 is 2.17 bits per heavy atom. The van der Waals surface area contributed by atoms with Crippen molar-refractivity contribution in [1.29, 1.82) is 0 Å². The van der Waals surface area contributed by atoms with Crippen LogP contribution in [0, 0.1) is 17.7 Å². The fourth-order valence-corrected chi connectivity index (χ4v) is 4.76. The van der Waals surface area contributed by atoms with Crippen molar-refractivity contribution in [2.24, 2.45) is 11.8 Å². The molecule has 8 heteroatoms. The first-order valence-electron chi connectivity index (χ1n) is 9.60. The van der Waals surface area contributed by atoms with Gasteiger partial charge in [-0.25, -0.2) is 4.39 Å². The molecule has 2 bridgehead atoms. The lowest BCUT2D eigenvalue weighted by Crippen LogP contribution is -2.44. The fourth-order valence-electron chi connectivity index (χ4n) is 4.76. The predicted molar refractivity (Wildman–Crippen MR) is 101 cm³/mol. The molecule has 5 rings (SSSR count). The van der Waals surface area contributed by atoms with E-state index in [1.165, 1.54) is 12.1 Å². The zero-order valence-corrected chi connectivity index (χ0v) is 15.9. The van der Waals surface area contributed by atoms with Crippen molar-refractivity contribution in [3.05, 3.63) is 65.8 Å². The third kappa shape index (κ3) is 2.86. The predicted octanol–water partition coefficient (Wildman–Crippen LogP) is 1.49. The molecule has 0 saturated carbocycles. The average molecular weight is 396 g/mol. The topological polar surface area (TPSA) is 78.5 Å². The van der Waals surface area contributed by atoms with Crippen molar-refractivity contribution in [2.45, 2.75) is 24.8 Å². The fraction of sp³-hybridized carbons (Fsp3) is 0.381. The number of benzene rings is 1. The van der Waals surface area contributed by atoms with E-state index >= 15 is 0 Å². The van der Waals surface area contributed by atoms with Gasteiger partial charge in [-0.05, 0) is 23.8 Å². The summed E-state index contributed by atoms with van der Waals surface area (Å²) in [4.78, 5) is 29.8. The largest absolute Gasteiger partial charge is 0.360 e. The van der Waals surface area contributed by atoms with Crippen LogP contribution >= 0.6 is 0 Å². The summed E-state index contributed by atoms with van der Waals surface area (Å²) in [7, 11) is 1.72. The number of rotatable bonds is 5. The van der Waals surface area contributed by atoms with Crippen LogP contribution in [0.3, 0.4) is 0 Å². The second-order valence-electron chi connectivity index (χ2n) is 8.00. The molecule has 2 fully saturated rings. The van der Waals surface area contributed by atoms with Gasteiger partial charge in [0.15, 0.2) is 0 Å². The number of aromatic amines is 1. The number of ether oxygens (including phenoxy) is 1. The lowest BCUT2D eigenvalue weighted by molar-refractivity contribution is -0.142. The number of carbonyl (C=O) groups is 2. The maximum absolute atomic E-state index is 13.2. The summed E-state index contributed by atoms with van der Waals surface area (Å²) in [6.45, 7) is 1.15. The van der Waals surface area contributed by atoms with Gasteiger partial charge in [0.25, 0.3) is 0 Å². The average Bonchev–Trinajstić information content (AvgIpc) is 3.46. The highest BCUT2D eigenvalue weighted by Crippen LogP contribution is 2.52. The number of hydrogen-bond donors (Lipinski definition) is 1. The number of fused-ring (bicyclic) bond motifs is 1. The van der Waals surface area contributed by atoms with E-state index in [0.717, 1.165) is 11.3 Å². The van der Waals surface area contributed by atoms with E-state index < -0.39 is 17.4 Å². The summed E-state index contributed by atoms with van der Waals surface area (Å²) >= 11 is 0. The maximum Gasteiger partial charge on any atom is 0.230 e. The SMILES string of the molecule is CN(Cc1ccn[nH]1)C(=O)[C@H]1[C@@H]2C=C[C@@]3(CN(Cc4ccc(F)cc4)C(=O)[C@H]13)O2. The van der Waals surface area contributed by atoms with E-state index in [4.69, 9.17) is 4.74 Å². The van der Waals surface area contributed by atoms with Gasteiger partial charge in [0.2, 0.25) is 11.8 Å². The van der Waals surface area contributed by atoms with Crippen LogP contribution in [0.15, 0.2) is 48.7 Å². The second-order valence-corrected chi connectivity index (χ2v) is 8.00. The van der Waals surface area contributed by atoms with Gasteiger partial charge in [-0.15, -0.1) is 0 Å². The molecule has 150 valence electrons. The molecular formula is C21H21FN4O3. The van der Waals surface area contributed by atoms with Crippen LogP contribution in [0.5, 0.6) is 0 Å². The van der Waals surface area contributed by atoms with Crippen molar-refractivity contribution in [3.63, 3.8) is 0 Å². The Kier molecular flexibility index (Phi) is 4.06. The van der Waals surface area contributed by atoms with Crippen LogP contribution < -0.4 is 0 Å². The van der Waals surface area contributed by atoms with Gasteiger partial charge in [0, 0.05) is 19.8 Å². The van der Waals surface area contributed by atoms with Gasteiger partial charge >= 0.3 is 0 Å². The Labute approximate surface area is 167 Å². The van der Waals surface area contributed by atoms with Crippen molar-refractivity contribution in [3.8, 4) is 0 Å². The highest BCUT2D eigenvalue weighted by Gasteiger charge is 2.67. The molecule has 3 aliphatic heterocycles. The molecule has 4 atom stereocenters. The molecule has 1 aromatic heterocycles. The van der Waals surface area contributed by atoms with Crippen LogP contribution in [0.25, 0.3) is 0 Å². The minimum atomic E-state index is -0.753. The number of amides is 2. The number of H-pyrrole nitrogens is 1. The van der Waals surface area contributed by atoms with Crippen molar-refractivity contribution in [2.75, 3.05) is 13.6 Å². The minimum Gasteiger partial charge on any atom is -0.360 e. The first-order valence-corrected chi connectivity index (χ1v) is 9.60. The van der Waals surface area contributed by atoms with E-state index in [1.807, 2.05) is 18.2 Å². The van der Waals surface area contributed by atoms with Crippen LogP contribution in [-0.2, 0) is 27.4 Å². The van der Waals surface area contributed by atoms with Crippen molar-refractivity contribution < 1.29 is 18.7 Å². The van der Waals surface area contributed by atoms with Gasteiger partial charge < -0.3 is 14.5 Å². The molecule has 3 aliphatic rings. The summed E-state index contributed by atoms with van der Waals surface area (Å²) in [6, 6.07) is 7.92. The van der Waals surface area contributed by atoms with Crippen LogP contribution in [0.2, 0.25) is 0 Å². The molecule has 0 unspecified atom stereocenters. The highest BCUT2D eigenvalue weighted by atomic mass is 19.1. The third-order valence-corrected chi connectivity index (χ3v) is 6.09. The van der Waals surface area contributed by atoms with E-state index in [-0.39, 0.29) is 23.7 Å². The number of halogens is 1. The number of hydrogen-bond acceptors (Lipinski definition) is 4. The number of nitrogens with one attached hydrogen (secondary N) is 1. The maximum atomic E-state index is 13.2. The van der Waals surface area contributed by atoms with Crippen LogP contribution in [0.1, 0.15) is 11.3 Å². The monoisotopic (exact) mass is 396 g/mol. The summed E-state index contributed by atoms with van der Waals surface area (Å²) in [6.07, 6.45) is 5.09. The molecule has 1 N–H and O–H groups in total. The smallest absolute Gasteiger partial charge is 0.230 e. The van der Waals surface area contributed by atoms with E-state index in [0.29, 0.717) is 19.6 Å². The number of carbonyl (C=O) groups excluding carboxylic acids is 2. The highest BCUT2D eigenvalue weighted by molar-refractivity contribution is 5.93. The Morgan fingerprint density at radius 3 is 2.90 bits per heavy atom. The first kappa shape index (κ1) is 18.1. The van der Waals surface area contributed by atoms with Crippen LogP contribution in [-0.4, -0.2) is 57.1 Å². The Morgan fingerprint density at radius 1 is 1.38 bits per heavy atom. The molecule has 4 heterocycles. The van der Waals surface area contributed by atoms with Crippen molar-refractivity contribution >= 4 is 11.8 Å². The van der Waals surface area contributed by atoms with Gasteiger partial charge in [-0.1, -0.05) is 24.3 Å². The van der Waals surface area contributed by atoms with Crippen molar-refractivity contribution in [1.82, 2.24) is 20.0 Å². The standard InChI is InChI=1S/C21H21FN4O3/c1-25(11-15-7-9-23-24-15)19(27)17-16-6-8-21(29-16)12-26(20(28)18(17)21)10-13-2-4-14(22)5-3-13/h2-9,16-18H,10-12H2,1H3,(H,23,24)/t16-,17-,18-,21-/m0/s1. The third-order valence-electron chi connectivity index (χ3n) is 6.09. The zero-order valence-electron chi connectivity index (χ0n) is 15.9. The van der Waals surface area contributed by atoms with E-state index in [9.17, 15) is 14.0 Å². The summed E-state index contributed by atoms with van der Waals surface area (Å²) < 4.78 is 19.3. The molecule has 2 amide bonds. The quantitative estimate of drug-likeness (QED) is 0.777. The number of likely N-dealkylation sites (tertiary alicyclic amines) is 1. The van der Waals surface area contributed by atoms with Gasteiger partial charge in [0.05, 0.1) is 36.7 Å². The second kappa shape index (κ2) is 6.52. The zero-order chi connectivity index (χ0) is 20.2. The molecule has 1 spiro atoms. The number of nitrogens with zero attached hydrogens (tertiary/aromatic N) is 3. The molecule has 7 nitrogen and oxygen atoms in total. The molecule has 2 saturated heterocycles. The van der Waals surface area contributed by atoms with E-state index in [1.54, 1.807) is 35.2 Å². The molecule has 29 heavy (non-hydrogen) atoms. The first-order chi connectivity index (χ1) is 14.0. The summed E-state index contributed by atoms with van der Waals surface area (Å²) in [5.41, 5.74) is 0.913. The summed E-state index contributed by atoms with van der Waals surface area (Å²) in [5.74, 6) is -1.59. The Hall–Kier alpha value is -3.00. The lowest BCUT2D eigenvalue weighted by Gasteiger charge is -2.27. The molecule has 2 aromatic rings. The molecular weight excluding hydrogens is 375 g/mol. The molecule has 0 aliphatic carbocycles. The molecule has 0 radical (unpaired) electrons. The summed E-state index contributed by atoms with van der Waals surface area (Å²) in [5, 5.41) is 6.76. The van der Waals surface area contributed by atoms with Gasteiger partial charge in [-0.2, -0.15) is 5.10 Å². The van der Waals surface area contributed by atoms with E-state index in [2.05, 4.69) is 10.2 Å². The van der Waals surface area contributed by atoms with Crippen LogP contribution in [0.4, 0.5) is 4.39 Å². The lowest BCUT2D eigenvalue weighted by atomic mass is 9.76. The number of aromatic nitrogens is 2.